The summed E-state index contributed by atoms with van der Waals surface area (Å²) in [5, 5.41) is 3.04. The average Bonchev–Trinajstić information content (AvgIpc) is 2.90. The molecule has 1 N–H and O–H groups in total. The molecule has 2 aromatic rings. The van der Waals surface area contributed by atoms with Crippen molar-refractivity contribution >= 4 is 11.6 Å². The van der Waals surface area contributed by atoms with E-state index in [-0.39, 0.29) is 11.9 Å². The summed E-state index contributed by atoms with van der Waals surface area (Å²) in [6, 6.07) is 7.93. The van der Waals surface area contributed by atoms with Gasteiger partial charge in [0.1, 0.15) is 11.9 Å². The normalized spacial score (nSPS) is 12.0. The quantitative estimate of drug-likeness (QED) is 0.916. The number of nitrogens with one attached hydrogen (secondary N) is 1. The van der Waals surface area contributed by atoms with Gasteiger partial charge in [-0.25, -0.2) is 4.98 Å². The number of aromatic nitrogens is 2. The fourth-order valence-corrected chi connectivity index (χ4v) is 2.18. The summed E-state index contributed by atoms with van der Waals surface area (Å²) in [7, 11) is 5.94. The van der Waals surface area contributed by atoms with Crippen molar-refractivity contribution in [3.05, 3.63) is 48.0 Å². The Morgan fingerprint density at radius 3 is 2.48 bits per heavy atom. The number of hydrogen-bond donors (Lipinski definition) is 1. The lowest BCUT2D eigenvalue weighted by Crippen LogP contribution is -2.30. The van der Waals surface area contributed by atoms with Gasteiger partial charge in [-0.1, -0.05) is 19.1 Å². The number of aryl methyl sites for hydroxylation is 1. The van der Waals surface area contributed by atoms with E-state index in [1.165, 1.54) is 0 Å². The zero-order valence-corrected chi connectivity index (χ0v) is 13.0. The van der Waals surface area contributed by atoms with E-state index in [1.807, 2.05) is 68.0 Å². The molecule has 0 spiro atoms. The van der Waals surface area contributed by atoms with Crippen molar-refractivity contribution in [3.63, 3.8) is 0 Å². The Morgan fingerprint density at radius 2 is 2.00 bits per heavy atom. The second-order valence-electron chi connectivity index (χ2n) is 5.24. The van der Waals surface area contributed by atoms with Crippen LogP contribution in [-0.2, 0) is 11.8 Å². The van der Waals surface area contributed by atoms with E-state index < -0.39 is 0 Å². The van der Waals surface area contributed by atoms with Crippen LogP contribution in [0.15, 0.2) is 36.7 Å². The van der Waals surface area contributed by atoms with Crippen molar-refractivity contribution in [3.8, 4) is 0 Å². The first kappa shape index (κ1) is 15.1. The lowest BCUT2D eigenvalue weighted by molar-refractivity contribution is -0.121. The molecule has 2 rings (SSSR count). The van der Waals surface area contributed by atoms with E-state index >= 15 is 0 Å². The molecule has 1 amide bonds. The van der Waals surface area contributed by atoms with Gasteiger partial charge in [0.2, 0.25) is 5.91 Å². The van der Waals surface area contributed by atoms with Crippen molar-refractivity contribution in [2.75, 3.05) is 19.0 Å². The van der Waals surface area contributed by atoms with Gasteiger partial charge in [0.15, 0.2) is 0 Å². The van der Waals surface area contributed by atoms with Gasteiger partial charge in [-0.05, 0) is 17.7 Å². The van der Waals surface area contributed by atoms with Gasteiger partial charge in [0.05, 0.1) is 0 Å². The van der Waals surface area contributed by atoms with Gasteiger partial charge in [0, 0.05) is 45.6 Å². The monoisotopic (exact) mass is 286 g/mol. The number of anilines is 1. The van der Waals surface area contributed by atoms with E-state index in [1.54, 1.807) is 6.20 Å². The lowest BCUT2D eigenvalue weighted by atomic mass is 10.1. The molecule has 0 fully saturated rings. The van der Waals surface area contributed by atoms with Crippen LogP contribution >= 0.6 is 0 Å². The molecule has 0 aliphatic rings. The van der Waals surface area contributed by atoms with Crippen molar-refractivity contribution < 1.29 is 4.79 Å². The molecule has 1 aromatic heterocycles. The van der Waals surface area contributed by atoms with Gasteiger partial charge < -0.3 is 14.8 Å². The smallest absolute Gasteiger partial charge is 0.220 e. The molecule has 0 aliphatic heterocycles. The van der Waals surface area contributed by atoms with Crippen molar-refractivity contribution in [2.45, 2.75) is 19.4 Å². The van der Waals surface area contributed by atoms with Gasteiger partial charge in [0.25, 0.3) is 0 Å². The molecule has 0 saturated heterocycles. The van der Waals surface area contributed by atoms with Crippen molar-refractivity contribution in [1.82, 2.24) is 14.9 Å². The van der Waals surface area contributed by atoms with E-state index in [2.05, 4.69) is 10.3 Å². The summed E-state index contributed by atoms with van der Waals surface area (Å²) < 4.78 is 1.93. The lowest BCUT2D eigenvalue weighted by Gasteiger charge is -2.20. The highest BCUT2D eigenvalue weighted by molar-refractivity contribution is 5.76. The van der Waals surface area contributed by atoms with Gasteiger partial charge in [-0.15, -0.1) is 0 Å². The van der Waals surface area contributed by atoms with Crippen molar-refractivity contribution in [1.29, 1.82) is 0 Å². The Kier molecular flexibility index (Phi) is 4.62. The molecule has 5 nitrogen and oxygen atoms in total. The zero-order chi connectivity index (χ0) is 15.4. The molecule has 21 heavy (non-hydrogen) atoms. The molecule has 0 radical (unpaired) electrons. The first-order valence-electron chi connectivity index (χ1n) is 7.06. The summed E-state index contributed by atoms with van der Waals surface area (Å²) >= 11 is 0. The molecule has 1 unspecified atom stereocenters. The fraction of sp³-hybridized carbons (Fsp3) is 0.375. The summed E-state index contributed by atoms with van der Waals surface area (Å²) in [4.78, 5) is 18.2. The highest BCUT2D eigenvalue weighted by Crippen LogP contribution is 2.23. The molecule has 0 saturated carbocycles. The second kappa shape index (κ2) is 6.43. The number of amides is 1. The summed E-state index contributed by atoms with van der Waals surface area (Å²) in [6.07, 6.45) is 4.08. The van der Waals surface area contributed by atoms with Crippen molar-refractivity contribution in [2.24, 2.45) is 7.05 Å². The van der Waals surface area contributed by atoms with Crippen LogP contribution in [0.3, 0.4) is 0 Å². The van der Waals surface area contributed by atoms with Crippen LogP contribution in [0.2, 0.25) is 0 Å². The largest absolute Gasteiger partial charge is 0.378 e. The van der Waals surface area contributed by atoms with E-state index in [0.717, 1.165) is 17.1 Å². The Morgan fingerprint density at radius 1 is 1.33 bits per heavy atom. The highest BCUT2D eigenvalue weighted by Gasteiger charge is 2.20. The number of nitrogens with zero attached hydrogens (tertiary/aromatic N) is 3. The molecule has 112 valence electrons. The maximum absolute atomic E-state index is 11.8. The average molecular weight is 286 g/mol. The SMILES string of the molecule is CCC(=O)NC(c1ccc(N(C)C)cc1)c1nccn1C. The van der Waals surface area contributed by atoms with Gasteiger partial charge >= 0.3 is 0 Å². The Labute approximate surface area is 125 Å². The third-order valence-electron chi connectivity index (χ3n) is 3.49. The van der Waals surface area contributed by atoms with E-state index in [9.17, 15) is 4.79 Å². The van der Waals surface area contributed by atoms with E-state index in [0.29, 0.717) is 6.42 Å². The summed E-state index contributed by atoms with van der Waals surface area (Å²) in [5.41, 5.74) is 2.15. The molecule has 0 aliphatic carbocycles. The number of rotatable bonds is 5. The number of carbonyl (C=O) groups is 1. The Balaban J connectivity index is 2.35. The van der Waals surface area contributed by atoms with Crippen LogP contribution in [-0.4, -0.2) is 29.6 Å². The Hall–Kier alpha value is -2.30. The minimum absolute atomic E-state index is 0.0136. The molecule has 1 atom stereocenters. The van der Waals surface area contributed by atoms with Crippen LogP contribution in [0.4, 0.5) is 5.69 Å². The number of imidazole rings is 1. The summed E-state index contributed by atoms with van der Waals surface area (Å²) in [5.74, 6) is 0.842. The topological polar surface area (TPSA) is 50.2 Å². The van der Waals surface area contributed by atoms with E-state index in [4.69, 9.17) is 0 Å². The minimum Gasteiger partial charge on any atom is -0.378 e. The van der Waals surface area contributed by atoms with Crippen LogP contribution in [0.1, 0.15) is 30.8 Å². The van der Waals surface area contributed by atoms with Crippen LogP contribution < -0.4 is 10.2 Å². The maximum atomic E-state index is 11.8. The number of benzene rings is 1. The molecular weight excluding hydrogens is 264 g/mol. The summed E-state index contributed by atoms with van der Waals surface area (Å²) in [6.45, 7) is 1.85. The fourth-order valence-electron chi connectivity index (χ4n) is 2.18. The third-order valence-corrected chi connectivity index (χ3v) is 3.49. The van der Waals surface area contributed by atoms with Crippen LogP contribution in [0, 0.1) is 0 Å². The van der Waals surface area contributed by atoms with Gasteiger partial charge in [-0.2, -0.15) is 0 Å². The van der Waals surface area contributed by atoms with Crippen LogP contribution in [0.5, 0.6) is 0 Å². The predicted octanol–water partition coefficient (Wildman–Crippen LogP) is 2.10. The first-order chi connectivity index (χ1) is 10.0. The molecule has 0 bridgehead atoms. The molecule has 1 aromatic carbocycles. The molecule has 1 heterocycles. The standard InChI is InChI=1S/C16H22N4O/c1-5-14(21)18-15(16-17-10-11-20(16)4)12-6-8-13(9-7-12)19(2)3/h6-11,15H,5H2,1-4H3,(H,18,21). The maximum Gasteiger partial charge on any atom is 0.220 e. The highest BCUT2D eigenvalue weighted by atomic mass is 16.1. The molecular formula is C16H22N4O. The minimum atomic E-state index is -0.228. The second-order valence-corrected chi connectivity index (χ2v) is 5.24. The molecule has 5 heteroatoms. The predicted molar refractivity (Wildman–Crippen MR) is 84.3 cm³/mol. The third kappa shape index (κ3) is 3.42. The number of carbonyl (C=O) groups excluding carboxylic acids is 1. The zero-order valence-electron chi connectivity index (χ0n) is 13.0. The van der Waals surface area contributed by atoms with Gasteiger partial charge in [-0.3, -0.25) is 4.79 Å². The Bertz CT molecular complexity index is 601. The number of hydrogen-bond acceptors (Lipinski definition) is 3. The first-order valence-corrected chi connectivity index (χ1v) is 7.06. The van der Waals surface area contributed by atoms with Crippen LogP contribution in [0.25, 0.3) is 0 Å².